The van der Waals surface area contributed by atoms with Crippen molar-refractivity contribution in [2.24, 2.45) is 5.73 Å². The van der Waals surface area contributed by atoms with E-state index in [0.29, 0.717) is 17.8 Å². The molecule has 14 heavy (non-hydrogen) atoms. The van der Waals surface area contributed by atoms with E-state index in [4.69, 9.17) is 5.73 Å². The first kappa shape index (κ1) is 9.46. The molecule has 3 N–H and O–H groups in total. The van der Waals surface area contributed by atoms with Gasteiger partial charge in [-0.3, -0.25) is 0 Å². The number of para-hydroxylation sites is 1. The van der Waals surface area contributed by atoms with Gasteiger partial charge in [-0.15, -0.1) is 0 Å². The van der Waals surface area contributed by atoms with Gasteiger partial charge in [-0.05, 0) is 31.4 Å². The van der Waals surface area contributed by atoms with E-state index >= 15 is 0 Å². The highest BCUT2D eigenvalue weighted by molar-refractivity contribution is 5.52. The second-order valence-corrected chi connectivity index (χ2v) is 4.00. The first-order chi connectivity index (χ1) is 6.66. The van der Waals surface area contributed by atoms with Crippen LogP contribution in [0.4, 0.5) is 10.1 Å². The Morgan fingerprint density at radius 3 is 2.71 bits per heavy atom. The highest BCUT2D eigenvalue weighted by atomic mass is 19.1. The van der Waals surface area contributed by atoms with Crippen LogP contribution in [0.15, 0.2) is 18.2 Å². The van der Waals surface area contributed by atoms with Crippen LogP contribution in [0.1, 0.15) is 18.4 Å². The summed E-state index contributed by atoms with van der Waals surface area (Å²) in [6.45, 7) is 1.91. The summed E-state index contributed by atoms with van der Waals surface area (Å²) in [4.78, 5) is 0. The highest BCUT2D eigenvalue weighted by Gasteiger charge is 2.26. The van der Waals surface area contributed by atoms with Crippen molar-refractivity contribution in [3.63, 3.8) is 0 Å². The zero-order valence-corrected chi connectivity index (χ0v) is 8.26. The largest absolute Gasteiger partial charge is 0.380 e. The quantitative estimate of drug-likeness (QED) is 0.756. The molecule has 1 aromatic rings. The Morgan fingerprint density at radius 2 is 2.14 bits per heavy atom. The Hall–Kier alpha value is -1.09. The van der Waals surface area contributed by atoms with Gasteiger partial charge in [-0.1, -0.05) is 12.1 Å². The van der Waals surface area contributed by atoms with Crippen molar-refractivity contribution >= 4 is 5.69 Å². The number of nitrogens with two attached hydrogens (primary N) is 1. The third-order valence-corrected chi connectivity index (χ3v) is 2.74. The summed E-state index contributed by atoms with van der Waals surface area (Å²) >= 11 is 0. The third-order valence-electron chi connectivity index (χ3n) is 2.74. The molecule has 0 aromatic heterocycles. The van der Waals surface area contributed by atoms with Crippen molar-refractivity contribution in [2.45, 2.75) is 31.8 Å². The molecule has 0 amide bonds. The molecule has 0 atom stereocenters. The molecule has 2 rings (SSSR count). The second kappa shape index (κ2) is 3.58. The number of nitrogens with one attached hydrogen (secondary N) is 1. The van der Waals surface area contributed by atoms with Crippen molar-refractivity contribution in [3.8, 4) is 0 Å². The Balaban J connectivity index is 2.09. The maximum absolute atomic E-state index is 13.4. The van der Waals surface area contributed by atoms with Crippen LogP contribution >= 0.6 is 0 Å². The smallest absolute Gasteiger partial charge is 0.146 e. The van der Waals surface area contributed by atoms with E-state index in [-0.39, 0.29) is 5.82 Å². The van der Waals surface area contributed by atoms with E-state index in [1.165, 1.54) is 6.07 Å². The number of hydrogen-bond acceptors (Lipinski definition) is 2. The molecule has 1 aliphatic rings. The Labute approximate surface area is 83.3 Å². The van der Waals surface area contributed by atoms with Crippen LogP contribution in [-0.4, -0.2) is 12.1 Å². The fraction of sp³-hybridized carbons (Fsp3) is 0.455. The molecule has 76 valence electrons. The standard InChI is InChI=1S/C11H15FN2/c1-7-3-2-4-10(12)11(7)14-9-5-8(13)6-9/h2-4,8-9,14H,5-6,13H2,1H3. The Bertz CT molecular complexity index is 312. The van der Waals surface area contributed by atoms with Crippen molar-refractivity contribution in [1.29, 1.82) is 0 Å². The summed E-state index contributed by atoms with van der Waals surface area (Å²) in [6.07, 6.45) is 1.88. The van der Waals surface area contributed by atoms with Gasteiger partial charge in [0.25, 0.3) is 0 Å². The first-order valence-corrected chi connectivity index (χ1v) is 4.94. The maximum Gasteiger partial charge on any atom is 0.146 e. The van der Waals surface area contributed by atoms with Crippen LogP contribution in [0.25, 0.3) is 0 Å². The zero-order chi connectivity index (χ0) is 10.1. The molecule has 1 saturated carbocycles. The molecule has 0 spiro atoms. The predicted molar refractivity (Wildman–Crippen MR) is 55.8 cm³/mol. The molecule has 0 radical (unpaired) electrons. The molecule has 0 unspecified atom stereocenters. The molecule has 0 saturated heterocycles. The van der Waals surface area contributed by atoms with Crippen LogP contribution in [0, 0.1) is 12.7 Å². The van der Waals surface area contributed by atoms with E-state index in [9.17, 15) is 4.39 Å². The normalized spacial score (nSPS) is 25.6. The van der Waals surface area contributed by atoms with Crippen LogP contribution < -0.4 is 11.1 Å². The SMILES string of the molecule is Cc1cccc(F)c1NC1CC(N)C1. The predicted octanol–water partition coefficient (Wildman–Crippen LogP) is 2.04. The van der Waals surface area contributed by atoms with Crippen LogP contribution in [0.2, 0.25) is 0 Å². The van der Waals surface area contributed by atoms with Crippen molar-refractivity contribution in [1.82, 2.24) is 0 Å². The van der Waals surface area contributed by atoms with Gasteiger partial charge in [0.2, 0.25) is 0 Å². The molecule has 1 fully saturated rings. The van der Waals surface area contributed by atoms with E-state index in [0.717, 1.165) is 18.4 Å². The minimum atomic E-state index is -0.175. The number of benzene rings is 1. The molecule has 0 bridgehead atoms. The Morgan fingerprint density at radius 1 is 1.43 bits per heavy atom. The van der Waals surface area contributed by atoms with E-state index < -0.39 is 0 Å². The van der Waals surface area contributed by atoms with E-state index in [1.54, 1.807) is 6.07 Å². The van der Waals surface area contributed by atoms with Gasteiger partial charge in [0.1, 0.15) is 5.82 Å². The summed E-state index contributed by atoms with van der Waals surface area (Å²) in [5.41, 5.74) is 7.24. The average molecular weight is 194 g/mol. The minimum absolute atomic E-state index is 0.175. The van der Waals surface area contributed by atoms with Crippen LogP contribution in [-0.2, 0) is 0 Å². The van der Waals surface area contributed by atoms with Gasteiger partial charge in [0.15, 0.2) is 0 Å². The lowest BCUT2D eigenvalue weighted by atomic mass is 9.87. The van der Waals surface area contributed by atoms with E-state index in [2.05, 4.69) is 5.32 Å². The maximum atomic E-state index is 13.4. The van der Waals surface area contributed by atoms with Crippen molar-refractivity contribution < 1.29 is 4.39 Å². The fourth-order valence-electron chi connectivity index (χ4n) is 1.80. The lowest BCUT2D eigenvalue weighted by Gasteiger charge is -2.34. The van der Waals surface area contributed by atoms with Gasteiger partial charge in [0, 0.05) is 12.1 Å². The third kappa shape index (κ3) is 1.73. The number of anilines is 1. The van der Waals surface area contributed by atoms with Crippen molar-refractivity contribution in [2.75, 3.05) is 5.32 Å². The summed E-state index contributed by atoms with van der Waals surface area (Å²) in [5, 5.41) is 3.19. The molecule has 0 heterocycles. The minimum Gasteiger partial charge on any atom is -0.380 e. The lowest BCUT2D eigenvalue weighted by Crippen LogP contribution is -2.44. The number of rotatable bonds is 2. The second-order valence-electron chi connectivity index (χ2n) is 4.00. The zero-order valence-electron chi connectivity index (χ0n) is 8.26. The summed E-state index contributed by atoms with van der Waals surface area (Å²) < 4.78 is 13.4. The fourth-order valence-corrected chi connectivity index (χ4v) is 1.80. The molecule has 2 nitrogen and oxygen atoms in total. The summed E-state index contributed by atoms with van der Waals surface area (Å²) in [6, 6.07) is 5.75. The van der Waals surface area contributed by atoms with Gasteiger partial charge in [-0.2, -0.15) is 0 Å². The molecular formula is C11H15FN2. The summed E-state index contributed by atoms with van der Waals surface area (Å²) in [5.74, 6) is -0.175. The first-order valence-electron chi connectivity index (χ1n) is 4.94. The molecule has 1 aromatic carbocycles. The van der Waals surface area contributed by atoms with Crippen molar-refractivity contribution in [3.05, 3.63) is 29.6 Å². The van der Waals surface area contributed by atoms with Gasteiger partial charge in [-0.25, -0.2) is 4.39 Å². The topological polar surface area (TPSA) is 38.0 Å². The van der Waals surface area contributed by atoms with Crippen LogP contribution in [0.5, 0.6) is 0 Å². The van der Waals surface area contributed by atoms with Crippen LogP contribution in [0.3, 0.4) is 0 Å². The molecule has 1 aliphatic carbocycles. The Kier molecular flexibility index (Phi) is 2.42. The summed E-state index contributed by atoms with van der Waals surface area (Å²) in [7, 11) is 0. The lowest BCUT2D eigenvalue weighted by molar-refractivity contribution is 0.372. The highest BCUT2D eigenvalue weighted by Crippen LogP contribution is 2.26. The van der Waals surface area contributed by atoms with Gasteiger partial charge >= 0.3 is 0 Å². The molecular weight excluding hydrogens is 179 g/mol. The number of aryl methyl sites for hydroxylation is 1. The number of hydrogen-bond donors (Lipinski definition) is 2. The molecule has 3 heteroatoms. The van der Waals surface area contributed by atoms with E-state index in [1.807, 2.05) is 13.0 Å². The number of halogens is 1. The molecule has 0 aliphatic heterocycles. The van der Waals surface area contributed by atoms with Gasteiger partial charge < -0.3 is 11.1 Å². The monoisotopic (exact) mass is 194 g/mol. The average Bonchev–Trinajstić information content (AvgIpc) is 2.08. The van der Waals surface area contributed by atoms with Gasteiger partial charge in [0.05, 0.1) is 5.69 Å².